The second kappa shape index (κ2) is 12.7. The number of rotatable bonds is 13. The molecule has 0 aliphatic carbocycles. The van der Waals surface area contributed by atoms with Crippen LogP contribution in [0.25, 0.3) is 0 Å². The van der Waals surface area contributed by atoms with Gasteiger partial charge >= 0.3 is 0 Å². The fourth-order valence-corrected chi connectivity index (χ4v) is 2.96. The van der Waals surface area contributed by atoms with Crippen LogP contribution in [0.3, 0.4) is 0 Å². The lowest BCUT2D eigenvalue weighted by Gasteiger charge is -2.07. The van der Waals surface area contributed by atoms with E-state index >= 15 is 0 Å². The van der Waals surface area contributed by atoms with Crippen LogP contribution in [0.4, 0.5) is 0 Å². The number of aromatic hydroxyl groups is 2. The minimum atomic E-state index is -0.0501. The predicted octanol–water partition coefficient (Wildman–Crippen LogP) is 5.98. The second-order valence-corrected chi connectivity index (χ2v) is 6.53. The lowest BCUT2D eigenvalue weighted by molar-refractivity contribution is 0.317. The van der Waals surface area contributed by atoms with Crippen LogP contribution in [-0.4, -0.2) is 21.1 Å². The highest BCUT2D eigenvalue weighted by Crippen LogP contribution is 2.25. The predicted molar refractivity (Wildman–Crippen MR) is 99.2 cm³/mol. The summed E-state index contributed by atoms with van der Waals surface area (Å²) in [6.07, 6.45) is 14.6. The summed E-state index contributed by atoms with van der Waals surface area (Å²) >= 11 is 0. The Labute approximate surface area is 146 Å². The lowest BCUT2D eigenvalue weighted by Crippen LogP contribution is -2.01. The highest BCUT2D eigenvalue weighted by atomic mass is 16.4. The maximum Gasteiger partial charge on any atom is 0.128 e. The summed E-state index contributed by atoms with van der Waals surface area (Å²) in [5.74, 6) is -0.0471. The van der Waals surface area contributed by atoms with Crippen molar-refractivity contribution in [2.75, 3.05) is 0 Å². The van der Waals surface area contributed by atoms with E-state index in [0.29, 0.717) is 17.7 Å². The molecule has 0 atom stereocenters. The fraction of sp³-hybridized carbons (Fsp3) is 0.650. The number of phenols is 2. The van der Waals surface area contributed by atoms with Crippen molar-refractivity contribution in [1.29, 1.82) is 0 Å². The van der Waals surface area contributed by atoms with Gasteiger partial charge in [0.25, 0.3) is 0 Å². The van der Waals surface area contributed by atoms with E-state index in [2.05, 4.69) is 12.1 Å². The third-order valence-corrected chi connectivity index (χ3v) is 4.43. The maximum atomic E-state index is 9.82. The fourth-order valence-electron chi connectivity index (χ4n) is 2.96. The monoisotopic (exact) mass is 335 g/mol. The Morgan fingerprint density at radius 1 is 0.833 bits per heavy atom. The van der Waals surface area contributed by atoms with Gasteiger partial charge in [-0.2, -0.15) is 0 Å². The summed E-state index contributed by atoms with van der Waals surface area (Å²) in [7, 11) is 0. The summed E-state index contributed by atoms with van der Waals surface area (Å²) in [6.45, 7) is 2.25. The number of oxime groups is 1. The van der Waals surface area contributed by atoms with Gasteiger partial charge in [-0.1, -0.05) is 76.3 Å². The molecule has 3 N–H and O–H groups in total. The van der Waals surface area contributed by atoms with E-state index in [9.17, 15) is 10.2 Å². The molecule has 0 heterocycles. The summed E-state index contributed by atoms with van der Waals surface area (Å²) in [6, 6.07) is 4.33. The van der Waals surface area contributed by atoms with Crippen molar-refractivity contribution in [2.24, 2.45) is 5.16 Å². The van der Waals surface area contributed by atoms with Crippen LogP contribution in [0.5, 0.6) is 11.5 Å². The molecule has 0 unspecified atom stereocenters. The molecule has 0 aliphatic heterocycles. The molecule has 1 aromatic carbocycles. The molecule has 0 fully saturated rings. The summed E-state index contributed by atoms with van der Waals surface area (Å²) in [5, 5.41) is 31.6. The van der Waals surface area contributed by atoms with Gasteiger partial charge in [-0.15, -0.1) is 0 Å². The third-order valence-electron chi connectivity index (χ3n) is 4.43. The zero-order valence-corrected chi connectivity index (χ0v) is 15.0. The third kappa shape index (κ3) is 8.23. The van der Waals surface area contributed by atoms with Gasteiger partial charge in [0, 0.05) is 11.6 Å². The number of benzene rings is 1. The molecule has 4 heteroatoms. The molecule has 1 rings (SSSR count). The van der Waals surface area contributed by atoms with Crippen LogP contribution in [0.15, 0.2) is 23.4 Å². The summed E-state index contributed by atoms with van der Waals surface area (Å²) in [4.78, 5) is 0. The van der Waals surface area contributed by atoms with E-state index in [1.807, 2.05) is 0 Å². The van der Waals surface area contributed by atoms with E-state index < -0.39 is 0 Å². The van der Waals surface area contributed by atoms with Crippen LogP contribution in [0, 0.1) is 0 Å². The zero-order chi connectivity index (χ0) is 17.6. The number of hydrogen-bond donors (Lipinski definition) is 3. The van der Waals surface area contributed by atoms with Crippen molar-refractivity contribution in [3.63, 3.8) is 0 Å². The molecule has 0 aliphatic rings. The maximum absolute atomic E-state index is 9.82. The van der Waals surface area contributed by atoms with Crippen molar-refractivity contribution in [1.82, 2.24) is 0 Å². The highest BCUT2D eigenvalue weighted by molar-refractivity contribution is 6.02. The van der Waals surface area contributed by atoms with Gasteiger partial charge in [0.15, 0.2) is 0 Å². The minimum absolute atomic E-state index is 0.00299. The van der Waals surface area contributed by atoms with Gasteiger partial charge in [-0.05, 0) is 25.0 Å². The first-order chi connectivity index (χ1) is 11.7. The van der Waals surface area contributed by atoms with Crippen LogP contribution in [0.1, 0.15) is 89.5 Å². The Balaban J connectivity index is 2.11. The Bertz CT molecular complexity index is 486. The molecule has 0 saturated heterocycles. The molecule has 1 aromatic rings. The highest BCUT2D eigenvalue weighted by Gasteiger charge is 2.10. The average Bonchev–Trinajstić information content (AvgIpc) is 2.57. The van der Waals surface area contributed by atoms with Crippen LogP contribution < -0.4 is 0 Å². The van der Waals surface area contributed by atoms with Crippen LogP contribution >= 0.6 is 0 Å². The van der Waals surface area contributed by atoms with Crippen LogP contribution in [-0.2, 0) is 0 Å². The van der Waals surface area contributed by atoms with Gasteiger partial charge in [0.05, 0.1) is 5.71 Å². The quantitative estimate of drug-likeness (QED) is 0.180. The Morgan fingerprint density at radius 3 is 1.88 bits per heavy atom. The molecule has 0 amide bonds. The number of phenolic OH excluding ortho intramolecular Hbond substituents is 2. The van der Waals surface area contributed by atoms with Gasteiger partial charge in [0.2, 0.25) is 0 Å². The Morgan fingerprint density at radius 2 is 1.38 bits per heavy atom. The first kappa shape index (κ1) is 20.3. The van der Waals surface area contributed by atoms with E-state index in [0.717, 1.165) is 12.8 Å². The topological polar surface area (TPSA) is 73.1 Å². The number of nitrogens with zero attached hydrogens (tertiary/aromatic N) is 1. The van der Waals surface area contributed by atoms with Gasteiger partial charge in [0.1, 0.15) is 11.5 Å². The smallest absolute Gasteiger partial charge is 0.128 e. The molecule has 0 aromatic heterocycles. The first-order valence-corrected chi connectivity index (χ1v) is 9.42. The van der Waals surface area contributed by atoms with Crippen LogP contribution in [0.2, 0.25) is 0 Å². The zero-order valence-electron chi connectivity index (χ0n) is 15.0. The molecule has 0 radical (unpaired) electrons. The normalized spacial score (nSPS) is 11.8. The van der Waals surface area contributed by atoms with Gasteiger partial charge in [-0.25, -0.2) is 0 Å². The van der Waals surface area contributed by atoms with E-state index in [4.69, 9.17) is 5.21 Å². The van der Waals surface area contributed by atoms with Crippen molar-refractivity contribution in [3.8, 4) is 11.5 Å². The van der Waals surface area contributed by atoms with Crippen molar-refractivity contribution in [2.45, 2.75) is 84.0 Å². The van der Waals surface area contributed by atoms with Gasteiger partial charge < -0.3 is 15.4 Å². The van der Waals surface area contributed by atoms with E-state index in [-0.39, 0.29) is 11.5 Å². The molecule has 136 valence electrons. The molecule has 0 bridgehead atoms. The molecular weight excluding hydrogens is 302 g/mol. The molecule has 0 saturated carbocycles. The first-order valence-electron chi connectivity index (χ1n) is 9.42. The standard InChI is InChI=1S/C20H33NO3/c1-2-3-4-5-6-7-8-9-10-11-12-13-19(21-24)18-15-14-17(22)16-20(18)23/h14-16,22-24H,2-13H2,1H3/b21-19-. The second-order valence-electron chi connectivity index (χ2n) is 6.53. The van der Waals surface area contributed by atoms with Crippen molar-refractivity contribution in [3.05, 3.63) is 23.8 Å². The summed E-state index contributed by atoms with van der Waals surface area (Å²) in [5.41, 5.74) is 0.964. The van der Waals surface area contributed by atoms with E-state index in [1.165, 1.54) is 69.9 Å². The van der Waals surface area contributed by atoms with Crippen molar-refractivity contribution < 1.29 is 15.4 Å². The van der Waals surface area contributed by atoms with Crippen molar-refractivity contribution >= 4 is 5.71 Å². The largest absolute Gasteiger partial charge is 0.508 e. The minimum Gasteiger partial charge on any atom is -0.508 e. The summed E-state index contributed by atoms with van der Waals surface area (Å²) < 4.78 is 0. The number of unbranched alkanes of at least 4 members (excludes halogenated alkanes) is 10. The molecule has 4 nitrogen and oxygen atoms in total. The SMILES string of the molecule is CCCCCCCCCCCCC/C(=N/O)c1ccc(O)cc1O. The molecular formula is C20H33NO3. The lowest BCUT2D eigenvalue weighted by atomic mass is 10.0. The van der Waals surface area contributed by atoms with E-state index in [1.54, 1.807) is 6.07 Å². The average molecular weight is 335 g/mol. The van der Waals surface area contributed by atoms with Gasteiger partial charge in [-0.3, -0.25) is 0 Å². The molecule has 24 heavy (non-hydrogen) atoms. The molecule has 0 spiro atoms. The Kier molecular flexibility index (Phi) is 10.7. The number of hydrogen-bond acceptors (Lipinski definition) is 4. The Hall–Kier alpha value is -1.71.